The second kappa shape index (κ2) is 6.10. The molecule has 0 unspecified atom stereocenters. The van der Waals surface area contributed by atoms with E-state index in [0.717, 1.165) is 55.4 Å². The van der Waals surface area contributed by atoms with Crippen molar-refractivity contribution in [3.8, 4) is 11.4 Å². The average Bonchev–Trinajstić information content (AvgIpc) is 3.42. The number of rotatable bonds is 2. The molecule has 0 radical (unpaired) electrons. The Hall–Kier alpha value is -4.70. The summed E-state index contributed by atoms with van der Waals surface area (Å²) in [7, 11) is 0. The standard InChI is InChI=1S/C32H16F2N2/c33-19-14-20(34)16-22(15-19)36-25-12-8-17-6-10-23-29-27(17)31(25)32-26(36)13-9-18-7-11-24(30(29)28(18)32)35(23)21-4-2-1-3-5-21/h1-16H. The van der Waals surface area contributed by atoms with E-state index in [1.54, 1.807) is 0 Å². The summed E-state index contributed by atoms with van der Waals surface area (Å²) in [5.74, 6) is -1.16. The smallest absolute Gasteiger partial charge is 0.128 e. The summed E-state index contributed by atoms with van der Waals surface area (Å²) in [5, 5.41) is 9.52. The van der Waals surface area contributed by atoms with Gasteiger partial charge in [-0.25, -0.2) is 8.78 Å². The molecule has 0 fully saturated rings. The van der Waals surface area contributed by atoms with Gasteiger partial charge in [-0.2, -0.15) is 0 Å². The summed E-state index contributed by atoms with van der Waals surface area (Å²) < 4.78 is 33.0. The van der Waals surface area contributed by atoms with Crippen molar-refractivity contribution >= 4 is 65.2 Å². The van der Waals surface area contributed by atoms with Crippen LogP contribution in [0, 0.1) is 11.6 Å². The van der Waals surface area contributed by atoms with Gasteiger partial charge in [0.25, 0.3) is 0 Å². The molecule has 0 atom stereocenters. The number of benzene rings is 7. The highest BCUT2D eigenvalue weighted by Crippen LogP contribution is 2.51. The minimum atomic E-state index is -0.581. The van der Waals surface area contributed by atoms with Crippen molar-refractivity contribution in [2.24, 2.45) is 0 Å². The summed E-state index contributed by atoms with van der Waals surface area (Å²) in [6, 6.07) is 31.4. The SMILES string of the molecule is Fc1cc(F)cc(-n2c3ccc4ccc5c6c4c3c3c4c(ccc(c46)n5-c4ccccc4)ccc32)c1. The first-order chi connectivity index (χ1) is 17.7. The minimum absolute atomic E-state index is 0.492. The molecule has 0 amide bonds. The summed E-state index contributed by atoms with van der Waals surface area (Å²) >= 11 is 0. The van der Waals surface area contributed by atoms with E-state index in [-0.39, 0.29) is 0 Å². The van der Waals surface area contributed by atoms with Gasteiger partial charge in [0.05, 0.1) is 27.8 Å². The van der Waals surface area contributed by atoms with Crippen LogP contribution < -0.4 is 0 Å². The Kier molecular flexibility index (Phi) is 3.15. The average molecular weight is 466 g/mol. The lowest BCUT2D eigenvalue weighted by atomic mass is 9.90. The van der Waals surface area contributed by atoms with Crippen LogP contribution in [0.2, 0.25) is 0 Å². The second-order valence-electron chi connectivity index (χ2n) is 9.67. The summed E-state index contributed by atoms with van der Waals surface area (Å²) in [6.45, 7) is 0. The zero-order valence-corrected chi connectivity index (χ0v) is 18.9. The largest absolute Gasteiger partial charge is 0.309 e. The fourth-order valence-corrected chi connectivity index (χ4v) is 6.61. The molecule has 0 aliphatic carbocycles. The van der Waals surface area contributed by atoms with E-state index in [9.17, 15) is 8.78 Å². The van der Waals surface area contributed by atoms with Crippen LogP contribution in [-0.4, -0.2) is 9.13 Å². The molecule has 0 aliphatic rings. The molecule has 0 bridgehead atoms. The lowest BCUT2D eigenvalue weighted by Crippen LogP contribution is -1.96. The van der Waals surface area contributed by atoms with Gasteiger partial charge in [0.15, 0.2) is 0 Å². The number of nitrogens with zero attached hydrogens (tertiary/aromatic N) is 2. The molecule has 0 spiro atoms. The van der Waals surface area contributed by atoms with Gasteiger partial charge < -0.3 is 9.13 Å². The summed E-state index contributed by atoms with van der Waals surface area (Å²) in [4.78, 5) is 0. The number of hydrogen-bond donors (Lipinski definition) is 0. The Morgan fingerprint density at radius 1 is 0.389 bits per heavy atom. The Balaban J connectivity index is 1.60. The maximum atomic E-state index is 14.3. The molecule has 9 aromatic rings. The van der Waals surface area contributed by atoms with Gasteiger partial charge in [-0.15, -0.1) is 0 Å². The highest BCUT2D eigenvalue weighted by Gasteiger charge is 2.27. The van der Waals surface area contributed by atoms with Crippen LogP contribution in [-0.2, 0) is 0 Å². The Bertz CT molecular complexity index is 2140. The van der Waals surface area contributed by atoms with Crippen LogP contribution in [0.15, 0.2) is 97.1 Å². The van der Waals surface area contributed by atoms with E-state index >= 15 is 0 Å². The van der Waals surface area contributed by atoms with E-state index in [1.165, 1.54) is 33.7 Å². The van der Waals surface area contributed by atoms with Gasteiger partial charge in [0, 0.05) is 44.1 Å². The molecule has 0 N–H and O–H groups in total. The van der Waals surface area contributed by atoms with Gasteiger partial charge in [-0.3, -0.25) is 0 Å². The molecule has 168 valence electrons. The first-order valence-electron chi connectivity index (χ1n) is 12.0. The first-order valence-corrected chi connectivity index (χ1v) is 12.0. The zero-order chi connectivity index (χ0) is 23.7. The number of aromatic nitrogens is 2. The minimum Gasteiger partial charge on any atom is -0.309 e. The molecule has 36 heavy (non-hydrogen) atoms. The van der Waals surface area contributed by atoms with E-state index in [0.29, 0.717) is 5.69 Å². The van der Waals surface area contributed by atoms with Crippen molar-refractivity contribution in [1.82, 2.24) is 9.13 Å². The predicted octanol–water partition coefficient (Wildman–Crippen LogP) is 8.78. The van der Waals surface area contributed by atoms with Gasteiger partial charge in [0.1, 0.15) is 11.6 Å². The number of para-hydroxylation sites is 1. The van der Waals surface area contributed by atoms with Crippen molar-refractivity contribution in [2.75, 3.05) is 0 Å². The summed E-state index contributed by atoms with van der Waals surface area (Å²) in [6.07, 6.45) is 0. The highest BCUT2D eigenvalue weighted by atomic mass is 19.1. The molecule has 4 heteroatoms. The maximum absolute atomic E-state index is 14.3. The predicted molar refractivity (Wildman–Crippen MR) is 144 cm³/mol. The van der Waals surface area contributed by atoms with Crippen molar-refractivity contribution in [1.29, 1.82) is 0 Å². The van der Waals surface area contributed by atoms with Crippen LogP contribution >= 0.6 is 0 Å². The topological polar surface area (TPSA) is 9.86 Å². The van der Waals surface area contributed by atoms with Crippen LogP contribution in [0.5, 0.6) is 0 Å². The van der Waals surface area contributed by atoms with Gasteiger partial charge in [-0.05, 0) is 59.3 Å². The van der Waals surface area contributed by atoms with E-state index < -0.39 is 11.6 Å². The molecule has 9 rings (SSSR count). The quantitative estimate of drug-likeness (QED) is 0.178. The highest BCUT2D eigenvalue weighted by molar-refractivity contribution is 6.45. The lowest BCUT2D eigenvalue weighted by molar-refractivity contribution is 0.582. The van der Waals surface area contributed by atoms with Crippen LogP contribution in [0.3, 0.4) is 0 Å². The lowest BCUT2D eigenvalue weighted by Gasteiger charge is -2.11. The van der Waals surface area contributed by atoms with Crippen molar-refractivity contribution in [2.45, 2.75) is 0 Å². The van der Waals surface area contributed by atoms with E-state index in [4.69, 9.17) is 0 Å². The zero-order valence-electron chi connectivity index (χ0n) is 18.9. The van der Waals surface area contributed by atoms with E-state index in [2.05, 4.69) is 77.4 Å². The maximum Gasteiger partial charge on any atom is 0.128 e. The second-order valence-corrected chi connectivity index (χ2v) is 9.67. The van der Waals surface area contributed by atoms with Crippen LogP contribution in [0.4, 0.5) is 8.78 Å². The molecular formula is C32H16F2N2. The monoisotopic (exact) mass is 466 g/mol. The fraction of sp³-hybridized carbons (Fsp3) is 0. The summed E-state index contributed by atoms with van der Waals surface area (Å²) in [5.41, 5.74) is 5.86. The number of halogens is 2. The molecule has 0 saturated heterocycles. The normalized spacial score (nSPS) is 12.7. The molecule has 7 aromatic carbocycles. The Morgan fingerprint density at radius 3 is 1.25 bits per heavy atom. The van der Waals surface area contributed by atoms with Gasteiger partial charge >= 0.3 is 0 Å². The molecule has 2 aromatic heterocycles. The number of hydrogen-bond acceptors (Lipinski definition) is 0. The van der Waals surface area contributed by atoms with Crippen molar-refractivity contribution in [3.63, 3.8) is 0 Å². The van der Waals surface area contributed by atoms with Crippen LogP contribution in [0.25, 0.3) is 76.5 Å². The molecule has 0 saturated carbocycles. The first kappa shape index (κ1) is 18.6. The third-order valence-corrected chi connectivity index (χ3v) is 7.87. The molecular weight excluding hydrogens is 450 g/mol. The van der Waals surface area contributed by atoms with Gasteiger partial charge in [-0.1, -0.05) is 42.5 Å². The Labute approximate surface area is 203 Å². The van der Waals surface area contributed by atoms with E-state index in [1.807, 2.05) is 10.6 Å². The fourth-order valence-electron chi connectivity index (χ4n) is 6.61. The van der Waals surface area contributed by atoms with Crippen LogP contribution in [0.1, 0.15) is 0 Å². The molecule has 2 heterocycles. The van der Waals surface area contributed by atoms with Crippen molar-refractivity contribution in [3.05, 3.63) is 109 Å². The molecule has 0 aliphatic heterocycles. The molecule has 2 nitrogen and oxygen atoms in total. The third-order valence-electron chi connectivity index (χ3n) is 7.87. The third kappa shape index (κ3) is 2.04. The Morgan fingerprint density at radius 2 is 0.806 bits per heavy atom. The van der Waals surface area contributed by atoms with Crippen molar-refractivity contribution < 1.29 is 8.78 Å². The van der Waals surface area contributed by atoms with Gasteiger partial charge in [0.2, 0.25) is 0 Å².